The van der Waals surface area contributed by atoms with Crippen molar-refractivity contribution in [3.05, 3.63) is 29.0 Å². The number of hydrogen-bond acceptors (Lipinski definition) is 3. The molecule has 0 fully saturated rings. The van der Waals surface area contributed by atoms with Gasteiger partial charge in [-0.2, -0.15) is 0 Å². The second kappa shape index (κ2) is 6.37. The number of halogens is 1. The van der Waals surface area contributed by atoms with Crippen molar-refractivity contribution >= 4 is 17.5 Å². The highest BCUT2D eigenvalue weighted by molar-refractivity contribution is 6.30. The monoisotopic (exact) mass is 228 g/mol. The quantitative estimate of drug-likeness (QED) is 0.778. The van der Waals surface area contributed by atoms with Gasteiger partial charge in [-0.1, -0.05) is 11.6 Å². The van der Waals surface area contributed by atoms with Crippen LogP contribution in [0.3, 0.4) is 0 Å². The van der Waals surface area contributed by atoms with Crippen molar-refractivity contribution in [1.29, 1.82) is 0 Å². The van der Waals surface area contributed by atoms with Gasteiger partial charge in [0.2, 0.25) is 0 Å². The number of amides is 1. The van der Waals surface area contributed by atoms with Crippen LogP contribution in [0.4, 0.5) is 0 Å². The Morgan fingerprint density at radius 1 is 1.67 bits per heavy atom. The van der Waals surface area contributed by atoms with Gasteiger partial charge < -0.3 is 10.1 Å². The molecule has 0 aliphatic heterocycles. The first-order valence-electron chi connectivity index (χ1n) is 4.71. The zero-order chi connectivity index (χ0) is 11.1. The lowest BCUT2D eigenvalue weighted by atomic mass is 10.3. The predicted octanol–water partition coefficient (Wildman–Crippen LogP) is 1.50. The Balaban J connectivity index is 2.40. The minimum Gasteiger partial charge on any atom is -0.380 e. The lowest BCUT2D eigenvalue weighted by Crippen LogP contribution is -2.27. The third-order valence-corrected chi connectivity index (χ3v) is 1.93. The number of carbonyl (C=O) groups excluding carboxylic acids is 1. The molecule has 0 saturated carbocycles. The summed E-state index contributed by atoms with van der Waals surface area (Å²) < 4.78 is 5.08. The van der Waals surface area contributed by atoms with Crippen LogP contribution in [-0.2, 0) is 4.74 Å². The van der Waals surface area contributed by atoms with Crippen molar-refractivity contribution in [1.82, 2.24) is 10.3 Å². The summed E-state index contributed by atoms with van der Waals surface area (Å²) in [5.74, 6) is -0.239. The minimum atomic E-state index is -0.239. The predicted molar refractivity (Wildman–Crippen MR) is 58.1 cm³/mol. The fraction of sp³-hybridized carbons (Fsp3) is 0.400. The van der Waals surface area contributed by atoms with Gasteiger partial charge in [0.1, 0.15) is 5.69 Å². The van der Waals surface area contributed by atoms with E-state index in [4.69, 9.17) is 16.3 Å². The highest BCUT2D eigenvalue weighted by Crippen LogP contribution is 2.07. The van der Waals surface area contributed by atoms with Crippen LogP contribution in [0, 0.1) is 0 Å². The highest BCUT2D eigenvalue weighted by Gasteiger charge is 2.05. The number of pyridine rings is 1. The molecule has 1 aromatic rings. The molecule has 4 nitrogen and oxygen atoms in total. The summed E-state index contributed by atoms with van der Waals surface area (Å²) in [6.45, 7) is 3.52. The fourth-order valence-corrected chi connectivity index (χ4v) is 1.16. The van der Waals surface area contributed by atoms with Crippen LogP contribution >= 0.6 is 11.6 Å². The zero-order valence-electron chi connectivity index (χ0n) is 8.50. The van der Waals surface area contributed by atoms with Gasteiger partial charge in [0.25, 0.3) is 5.91 Å². The van der Waals surface area contributed by atoms with Gasteiger partial charge in [-0.3, -0.25) is 9.78 Å². The number of aromatic nitrogens is 1. The summed E-state index contributed by atoms with van der Waals surface area (Å²) in [5.41, 5.74) is 0.319. The van der Waals surface area contributed by atoms with Gasteiger partial charge in [-0.15, -0.1) is 0 Å². The van der Waals surface area contributed by atoms with E-state index in [1.165, 1.54) is 12.3 Å². The van der Waals surface area contributed by atoms with E-state index in [9.17, 15) is 4.79 Å². The van der Waals surface area contributed by atoms with Crippen molar-refractivity contribution < 1.29 is 9.53 Å². The Morgan fingerprint density at radius 2 is 2.47 bits per heavy atom. The van der Waals surface area contributed by atoms with E-state index in [1.807, 2.05) is 6.92 Å². The average molecular weight is 229 g/mol. The van der Waals surface area contributed by atoms with E-state index in [0.29, 0.717) is 30.5 Å². The van der Waals surface area contributed by atoms with E-state index in [-0.39, 0.29) is 5.91 Å². The molecule has 15 heavy (non-hydrogen) atoms. The fourth-order valence-electron chi connectivity index (χ4n) is 1.00. The molecule has 0 aliphatic rings. The van der Waals surface area contributed by atoms with E-state index in [2.05, 4.69) is 10.3 Å². The second-order valence-electron chi connectivity index (χ2n) is 2.81. The summed E-state index contributed by atoms with van der Waals surface area (Å²) in [6, 6.07) is 3.15. The topological polar surface area (TPSA) is 51.2 Å². The largest absolute Gasteiger partial charge is 0.380 e. The molecule has 1 N–H and O–H groups in total. The van der Waals surface area contributed by atoms with Crippen LogP contribution < -0.4 is 5.32 Å². The first kappa shape index (κ1) is 11.9. The maximum absolute atomic E-state index is 11.5. The maximum Gasteiger partial charge on any atom is 0.270 e. The van der Waals surface area contributed by atoms with Gasteiger partial charge in [-0.05, 0) is 19.1 Å². The van der Waals surface area contributed by atoms with Crippen LogP contribution in [-0.4, -0.2) is 30.6 Å². The molecule has 0 atom stereocenters. The Morgan fingerprint density at radius 3 is 3.13 bits per heavy atom. The van der Waals surface area contributed by atoms with Crippen molar-refractivity contribution in [2.24, 2.45) is 0 Å². The molecule has 0 spiro atoms. The molecule has 0 saturated heterocycles. The SMILES string of the molecule is CCOCCNC(=O)c1cc(Cl)ccn1. The Labute approximate surface area is 93.6 Å². The molecule has 0 aromatic carbocycles. The Hall–Kier alpha value is -1.13. The summed E-state index contributed by atoms with van der Waals surface area (Å²) in [4.78, 5) is 15.4. The number of carbonyl (C=O) groups is 1. The highest BCUT2D eigenvalue weighted by atomic mass is 35.5. The minimum absolute atomic E-state index is 0.239. The number of ether oxygens (including phenoxy) is 1. The van der Waals surface area contributed by atoms with Crippen LogP contribution in [0.25, 0.3) is 0 Å². The van der Waals surface area contributed by atoms with E-state index < -0.39 is 0 Å². The van der Waals surface area contributed by atoms with Crippen molar-refractivity contribution in [2.75, 3.05) is 19.8 Å². The molecule has 0 radical (unpaired) electrons. The van der Waals surface area contributed by atoms with Gasteiger partial charge in [0.05, 0.1) is 6.61 Å². The van der Waals surface area contributed by atoms with E-state index in [0.717, 1.165) is 0 Å². The lowest BCUT2D eigenvalue weighted by Gasteiger charge is -2.04. The lowest BCUT2D eigenvalue weighted by molar-refractivity contribution is 0.0918. The summed E-state index contributed by atoms with van der Waals surface area (Å²) in [5, 5.41) is 3.18. The van der Waals surface area contributed by atoms with Crippen molar-refractivity contribution in [3.63, 3.8) is 0 Å². The van der Waals surface area contributed by atoms with Crippen LogP contribution in [0.1, 0.15) is 17.4 Å². The number of rotatable bonds is 5. The Kier molecular flexibility index (Phi) is 5.07. The summed E-state index contributed by atoms with van der Waals surface area (Å²) in [6.07, 6.45) is 1.50. The molecule has 0 aliphatic carbocycles. The first-order valence-corrected chi connectivity index (χ1v) is 5.09. The van der Waals surface area contributed by atoms with Gasteiger partial charge in [0.15, 0.2) is 0 Å². The molecule has 0 bridgehead atoms. The molecule has 1 aromatic heterocycles. The Bertz CT molecular complexity index is 331. The smallest absolute Gasteiger partial charge is 0.270 e. The average Bonchev–Trinajstić information content (AvgIpc) is 2.24. The first-order chi connectivity index (χ1) is 7.24. The molecule has 82 valence electrons. The summed E-state index contributed by atoms with van der Waals surface area (Å²) >= 11 is 5.73. The van der Waals surface area contributed by atoms with Crippen molar-refractivity contribution in [3.8, 4) is 0 Å². The molecular weight excluding hydrogens is 216 g/mol. The number of nitrogens with zero attached hydrogens (tertiary/aromatic N) is 1. The molecular formula is C10H13ClN2O2. The van der Waals surface area contributed by atoms with E-state index >= 15 is 0 Å². The molecule has 1 heterocycles. The van der Waals surface area contributed by atoms with Gasteiger partial charge in [0, 0.05) is 24.4 Å². The second-order valence-corrected chi connectivity index (χ2v) is 3.25. The number of nitrogens with one attached hydrogen (secondary N) is 1. The van der Waals surface area contributed by atoms with E-state index in [1.54, 1.807) is 6.07 Å². The van der Waals surface area contributed by atoms with Crippen LogP contribution in [0.2, 0.25) is 5.02 Å². The van der Waals surface area contributed by atoms with Gasteiger partial charge in [-0.25, -0.2) is 0 Å². The van der Waals surface area contributed by atoms with Crippen LogP contribution in [0.5, 0.6) is 0 Å². The zero-order valence-corrected chi connectivity index (χ0v) is 9.25. The van der Waals surface area contributed by atoms with Crippen molar-refractivity contribution in [2.45, 2.75) is 6.92 Å². The number of hydrogen-bond donors (Lipinski definition) is 1. The molecule has 0 unspecified atom stereocenters. The summed E-state index contributed by atoms with van der Waals surface area (Å²) in [7, 11) is 0. The normalized spacial score (nSPS) is 10.0. The third kappa shape index (κ3) is 4.27. The molecule has 1 rings (SSSR count). The maximum atomic E-state index is 11.5. The molecule has 1 amide bonds. The molecule has 5 heteroatoms. The van der Waals surface area contributed by atoms with Gasteiger partial charge >= 0.3 is 0 Å². The standard InChI is InChI=1S/C10H13ClN2O2/c1-2-15-6-5-13-10(14)9-7-8(11)3-4-12-9/h3-4,7H,2,5-6H2,1H3,(H,13,14). The van der Waals surface area contributed by atoms with Crippen LogP contribution in [0.15, 0.2) is 18.3 Å². The third-order valence-electron chi connectivity index (χ3n) is 1.69.